The topological polar surface area (TPSA) is 33.7 Å². The van der Waals surface area contributed by atoms with Crippen LogP contribution in [0.3, 0.4) is 0 Å². The van der Waals surface area contributed by atoms with Gasteiger partial charge in [0.2, 0.25) is 0 Å². The van der Waals surface area contributed by atoms with Crippen molar-refractivity contribution in [3.63, 3.8) is 0 Å². The maximum atomic E-state index is 5.72. The van der Waals surface area contributed by atoms with Crippen molar-refractivity contribution in [2.24, 2.45) is 0 Å². The maximum absolute atomic E-state index is 5.72. The van der Waals surface area contributed by atoms with Gasteiger partial charge >= 0.3 is 0 Å². The minimum Gasteiger partial charge on any atom is -0.490 e. The van der Waals surface area contributed by atoms with E-state index in [2.05, 4.69) is 36.4 Å². The first-order chi connectivity index (χ1) is 8.70. The van der Waals surface area contributed by atoms with Crippen molar-refractivity contribution < 1.29 is 9.47 Å². The van der Waals surface area contributed by atoms with E-state index in [-0.39, 0.29) is 0 Å². The molecule has 1 aromatic carbocycles. The Morgan fingerprint density at radius 1 is 1.22 bits per heavy atom. The Labute approximate surface area is 109 Å². The Kier molecular flexibility index (Phi) is 4.44. The van der Waals surface area contributed by atoms with Gasteiger partial charge < -0.3 is 19.7 Å². The number of hydrogen-bond donors (Lipinski definition) is 1. The van der Waals surface area contributed by atoms with Crippen molar-refractivity contribution in [3.05, 3.63) is 23.8 Å². The molecule has 0 saturated heterocycles. The molecule has 0 aliphatic carbocycles. The molecule has 0 amide bonds. The summed E-state index contributed by atoms with van der Waals surface area (Å²) in [5, 5.41) is 3.33. The number of ether oxygens (including phenoxy) is 2. The first-order valence-corrected chi connectivity index (χ1v) is 6.42. The summed E-state index contributed by atoms with van der Waals surface area (Å²) < 4.78 is 11.4. The lowest BCUT2D eigenvalue weighted by Gasteiger charge is -2.21. The van der Waals surface area contributed by atoms with Gasteiger partial charge in [0.15, 0.2) is 11.5 Å². The van der Waals surface area contributed by atoms with Gasteiger partial charge in [0.05, 0.1) is 13.2 Å². The molecule has 1 aliphatic rings. The van der Waals surface area contributed by atoms with E-state index in [1.165, 1.54) is 5.56 Å². The van der Waals surface area contributed by atoms with E-state index in [9.17, 15) is 0 Å². The number of nitrogens with zero attached hydrogens (tertiary/aromatic N) is 1. The zero-order chi connectivity index (χ0) is 13.0. The third kappa shape index (κ3) is 3.15. The second-order valence-electron chi connectivity index (χ2n) is 4.86. The monoisotopic (exact) mass is 250 g/mol. The average Bonchev–Trinajstić information content (AvgIpc) is 2.59. The smallest absolute Gasteiger partial charge is 0.161 e. The van der Waals surface area contributed by atoms with E-state index in [0.717, 1.165) is 37.7 Å². The second kappa shape index (κ2) is 6.07. The molecule has 100 valence electrons. The average molecular weight is 250 g/mol. The molecule has 1 unspecified atom stereocenters. The van der Waals surface area contributed by atoms with Gasteiger partial charge in [0.1, 0.15) is 0 Å². The summed E-state index contributed by atoms with van der Waals surface area (Å²) in [7, 11) is 6.14. The van der Waals surface area contributed by atoms with Crippen LogP contribution in [0.2, 0.25) is 0 Å². The van der Waals surface area contributed by atoms with Crippen molar-refractivity contribution in [2.45, 2.75) is 12.5 Å². The molecule has 0 aromatic heterocycles. The number of likely N-dealkylation sites (N-methyl/N-ethyl adjacent to an activating group) is 2. The highest BCUT2D eigenvalue weighted by Crippen LogP contribution is 2.32. The van der Waals surface area contributed by atoms with Gasteiger partial charge in [-0.1, -0.05) is 6.07 Å². The van der Waals surface area contributed by atoms with Crippen molar-refractivity contribution in [1.82, 2.24) is 10.2 Å². The van der Waals surface area contributed by atoms with E-state index in [0.29, 0.717) is 6.04 Å². The lowest BCUT2D eigenvalue weighted by atomic mass is 10.1. The molecule has 0 bridgehead atoms. The maximum Gasteiger partial charge on any atom is 0.161 e. The highest BCUT2D eigenvalue weighted by atomic mass is 16.5. The van der Waals surface area contributed by atoms with Gasteiger partial charge in [-0.25, -0.2) is 0 Å². The third-order valence-electron chi connectivity index (χ3n) is 3.07. The standard InChI is InChI=1S/C14H22N2O2/c1-15-12(10-16(2)3)11-5-6-13-14(9-11)18-8-4-7-17-13/h5-6,9,12,15H,4,7-8,10H2,1-3H3. The molecule has 18 heavy (non-hydrogen) atoms. The molecular formula is C14H22N2O2. The van der Waals surface area contributed by atoms with E-state index in [1.807, 2.05) is 13.1 Å². The highest BCUT2D eigenvalue weighted by Gasteiger charge is 2.15. The Bertz CT molecular complexity index is 393. The summed E-state index contributed by atoms with van der Waals surface area (Å²) in [4.78, 5) is 2.17. The Morgan fingerprint density at radius 2 is 1.94 bits per heavy atom. The number of fused-ring (bicyclic) bond motifs is 1. The van der Waals surface area contributed by atoms with Crippen molar-refractivity contribution in [1.29, 1.82) is 0 Å². The molecule has 1 heterocycles. The number of rotatable bonds is 4. The van der Waals surface area contributed by atoms with Crippen LogP contribution >= 0.6 is 0 Å². The van der Waals surface area contributed by atoms with Gasteiger partial charge in [-0.05, 0) is 38.8 Å². The second-order valence-corrected chi connectivity index (χ2v) is 4.86. The summed E-state index contributed by atoms with van der Waals surface area (Å²) in [6, 6.07) is 6.51. The van der Waals surface area contributed by atoms with Crippen LogP contribution in [0.25, 0.3) is 0 Å². The van der Waals surface area contributed by atoms with Crippen LogP contribution in [0.5, 0.6) is 11.5 Å². The van der Waals surface area contributed by atoms with Crippen molar-refractivity contribution >= 4 is 0 Å². The van der Waals surface area contributed by atoms with Gasteiger partial charge in [-0.3, -0.25) is 0 Å². The largest absolute Gasteiger partial charge is 0.490 e. The number of nitrogens with one attached hydrogen (secondary N) is 1. The first kappa shape index (κ1) is 13.2. The molecule has 1 N–H and O–H groups in total. The molecule has 1 aromatic rings. The highest BCUT2D eigenvalue weighted by molar-refractivity contribution is 5.44. The molecular weight excluding hydrogens is 228 g/mol. The number of benzene rings is 1. The molecule has 2 rings (SSSR count). The molecule has 4 heteroatoms. The molecule has 0 fully saturated rings. The van der Waals surface area contributed by atoms with Crippen molar-refractivity contribution in [3.8, 4) is 11.5 Å². The zero-order valence-electron chi connectivity index (χ0n) is 11.4. The summed E-state index contributed by atoms with van der Waals surface area (Å²) >= 11 is 0. The fourth-order valence-corrected chi connectivity index (χ4v) is 2.13. The molecule has 4 nitrogen and oxygen atoms in total. The van der Waals surface area contributed by atoms with Crippen LogP contribution in [0.4, 0.5) is 0 Å². The van der Waals surface area contributed by atoms with Gasteiger partial charge in [0.25, 0.3) is 0 Å². The summed E-state index contributed by atoms with van der Waals surface area (Å²) in [5.41, 5.74) is 1.23. The van der Waals surface area contributed by atoms with Crippen LogP contribution in [0.1, 0.15) is 18.0 Å². The Morgan fingerprint density at radius 3 is 2.61 bits per heavy atom. The molecule has 1 aliphatic heterocycles. The summed E-state index contributed by atoms with van der Waals surface area (Å²) in [6.07, 6.45) is 0.942. The summed E-state index contributed by atoms with van der Waals surface area (Å²) in [6.45, 7) is 2.42. The normalized spacial score (nSPS) is 16.4. The van der Waals surface area contributed by atoms with E-state index >= 15 is 0 Å². The molecule has 0 radical (unpaired) electrons. The predicted octanol–water partition coefficient (Wildman–Crippen LogP) is 1.67. The van der Waals surface area contributed by atoms with Crippen LogP contribution in [0.15, 0.2) is 18.2 Å². The zero-order valence-corrected chi connectivity index (χ0v) is 11.4. The lowest BCUT2D eigenvalue weighted by Crippen LogP contribution is -2.28. The van der Waals surface area contributed by atoms with Gasteiger partial charge in [-0.2, -0.15) is 0 Å². The summed E-state index contributed by atoms with van der Waals surface area (Å²) in [5.74, 6) is 1.72. The van der Waals surface area contributed by atoms with Crippen LogP contribution in [-0.4, -0.2) is 45.8 Å². The number of hydrogen-bond acceptors (Lipinski definition) is 4. The van der Waals surface area contributed by atoms with Crippen molar-refractivity contribution in [2.75, 3.05) is 40.9 Å². The minimum atomic E-state index is 0.303. The third-order valence-corrected chi connectivity index (χ3v) is 3.07. The SMILES string of the molecule is CNC(CN(C)C)c1ccc2c(c1)OCCCO2. The first-order valence-electron chi connectivity index (χ1n) is 6.42. The molecule has 0 spiro atoms. The van der Waals surface area contributed by atoms with E-state index < -0.39 is 0 Å². The van der Waals surface area contributed by atoms with E-state index in [4.69, 9.17) is 9.47 Å². The predicted molar refractivity (Wildman–Crippen MR) is 72.4 cm³/mol. The quantitative estimate of drug-likeness (QED) is 0.881. The van der Waals surface area contributed by atoms with Crippen LogP contribution in [-0.2, 0) is 0 Å². The van der Waals surface area contributed by atoms with Crippen LogP contribution < -0.4 is 14.8 Å². The van der Waals surface area contributed by atoms with Gasteiger partial charge in [0, 0.05) is 19.0 Å². The minimum absolute atomic E-state index is 0.303. The molecule has 1 atom stereocenters. The lowest BCUT2D eigenvalue weighted by molar-refractivity contribution is 0.296. The van der Waals surface area contributed by atoms with Crippen LogP contribution in [0, 0.1) is 0 Å². The fraction of sp³-hybridized carbons (Fsp3) is 0.571. The molecule has 0 saturated carbocycles. The van der Waals surface area contributed by atoms with Gasteiger partial charge in [-0.15, -0.1) is 0 Å². The fourth-order valence-electron chi connectivity index (χ4n) is 2.13. The Balaban J connectivity index is 2.20. The van der Waals surface area contributed by atoms with E-state index in [1.54, 1.807) is 0 Å². The Hall–Kier alpha value is -1.26.